The minimum atomic E-state index is 0.344. The lowest BCUT2D eigenvalue weighted by Gasteiger charge is -2.15. The molecule has 1 atom stereocenters. The molecule has 2 rings (SSSR count). The van der Waals surface area contributed by atoms with Gasteiger partial charge in [0.1, 0.15) is 0 Å². The van der Waals surface area contributed by atoms with Crippen LogP contribution >= 0.6 is 0 Å². The molecule has 1 N–H and O–H groups in total. The largest absolute Gasteiger partial charge is 0.381 e. The van der Waals surface area contributed by atoms with Crippen LogP contribution in [0.2, 0.25) is 0 Å². The molecule has 1 heteroatoms. The van der Waals surface area contributed by atoms with Crippen molar-refractivity contribution < 1.29 is 0 Å². The number of hydrogen-bond acceptors (Lipinski definition) is 1. The van der Waals surface area contributed by atoms with Crippen LogP contribution in [0.1, 0.15) is 11.6 Å². The summed E-state index contributed by atoms with van der Waals surface area (Å²) in [7, 11) is 0. The SMILES string of the molecule is C1=CNC(c2ccccc2)C=C1. The Morgan fingerprint density at radius 1 is 1.00 bits per heavy atom. The Bertz CT molecular complexity index is 298. The first kappa shape index (κ1) is 7.17. The molecule has 0 fully saturated rings. The molecule has 0 amide bonds. The van der Waals surface area contributed by atoms with E-state index in [1.54, 1.807) is 0 Å². The normalized spacial score (nSPS) is 20.5. The molecule has 0 radical (unpaired) electrons. The third-order valence-corrected chi connectivity index (χ3v) is 1.95. The van der Waals surface area contributed by atoms with Crippen molar-refractivity contribution in [3.8, 4) is 0 Å². The molecule has 0 aromatic heterocycles. The Morgan fingerprint density at radius 2 is 1.83 bits per heavy atom. The van der Waals surface area contributed by atoms with Crippen LogP contribution in [0.15, 0.2) is 54.8 Å². The summed E-state index contributed by atoms with van der Waals surface area (Å²) >= 11 is 0. The summed E-state index contributed by atoms with van der Waals surface area (Å²) in [5, 5.41) is 3.27. The summed E-state index contributed by atoms with van der Waals surface area (Å²) < 4.78 is 0. The second-order valence-electron chi connectivity index (χ2n) is 2.80. The van der Waals surface area contributed by atoms with Crippen molar-refractivity contribution in [2.75, 3.05) is 0 Å². The fourth-order valence-electron chi connectivity index (χ4n) is 1.31. The maximum Gasteiger partial charge on any atom is 0.0695 e. The Balaban J connectivity index is 2.21. The molecule has 1 aliphatic rings. The van der Waals surface area contributed by atoms with E-state index in [0.717, 1.165) is 0 Å². The highest BCUT2D eigenvalue weighted by atomic mass is 14.9. The van der Waals surface area contributed by atoms with Crippen LogP contribution in [0.25, 0.3) is 0 Å². The molecule has 0 saturated heterocycles. The van der Waals surface area contributed by atoms with Gasteiger partial charge in [-0.2, -0.15) is 0 Å². The highest BCUT2D eigenvalue weighted by molar-refractivity contribution is 5.26. The summed E-state index contributed by atoms with van der Waals surface area (Å²) in [6, 6.07) is 10.7. The van der Waals surface area contributed by atoms with E-state index in [0.29, 0.717) is 6.04 Å². The zero-order valence-electron chi connectivity index (χ0n) is 6.77. The molecule has 1 nitrogen and oxygen atoms in total. The Kier molecular flexibility index (Phi) is 1.95. The number of dihydropyridines is 1. The molecule has 12 heavy (non-hydrogen) atoms. The van der Waals surface area contributed by atoms with Gasteiger partial charge in [-0.05, 0) is 17.8 Å². The highest BCUT2D eigenvalue weighted by Crippen LogP contribution is 2.15. The van der Waals surface area contributed by atoms with Gasteiger partial charge < -0.3 is 5.32 Å². The van der Waals surface area contributed by atoms with Gasteiger partial charge in [0.15, 0.2) is 0 Å². The molecule has 0 aliphatic carbocycles. The fourth-order valence-corrected chi connectivity index (χ4v) is 1.31. The molecule has 0 spiro atoms. The number of rotatable bonds is 1. The van der Waals surface area contributed by atoms with Crippen molar-refractivity contribution in [3.05, 3.63) is 60.3 Å². The van der Waals surface area contributed by atoms with Crippen LogP contribution in [0.4, 0.5) is 0 Å². The molecule has 1 aromatic rings. The second kappa shape index (κ2) is 3.26. The quantitative estimate of drug-likeness (QED) is 0.660. The van der Waals surface area contributed by atoms with Crippen LogP contribution in [0.5, 0.6) is 0 Å². The Hall–Kier alpha value is -1.50. The summed E-state index contributed by atoms with van der Waals surface area (Å²) in [4.78, 5) is 0. The van der Waals surface area contributed by atoms with Gasteiger partial charge in [0.25, 0.3) is 0 Å². The van der Waals surface area contributed by atoms with E-state index in [1.165, 1.54) is 5.56 Å². The number of allylic oxidation sites excluding steroid dienone is 2. The monoisotopic (exact) mass is 157 g/mol. The van der Waals surface area contributed by atoms with Gasteiger partial charge >= 0.3 is 0 Å². The highest BCUT2D eigenvalue weighted by Gasteiger charge is 2.04. The van der Waals surface area contributed by atoms with Crippen LogP contribution in [0, 0.1) is 0 Å². The Morgan fingerprint density at radius 3 is 2.50 bits per heavy atom. The molecular formula is C11H11N. The van der Waals surface area contributed by atoms with Crippen molar-refractivity contribution in [2.45, 2.75) is 6.04 Å². The average Bonchev–Trinajstić information content (AvgIpc) is 2.21. The van der Waals surface area contributed by atoms with Gasteiger partial charge in [-0.3, -0.25) is 0 Å². The van der Waals surface area contributed by atoms with Crippen molar-refractivity contribution >= 4 is 0 Å². The topological polar surface area (TPSA) is 12.0 Å². The molecule has 0 bridgehead atoms. The number of hydrogen-bond donors (Lipinski definition) is 1. The van der Waals surface area contributed by atoms with Gasteiger partial charge in [-0.15, -0.1) is 0 Å². The van der Waals surface area contributed by atoms with Crippen molar-refractivity contribution in [1.82, 2.24) is 5.32 Å². The second-order valence-corrected chi connectivity index (χ2v) is 2.80. The first-order chi connectivity index (χ1) is 5.97. The number of nitrogens with one attached hydrogen (secondary N) is 1. The van der Waals surface area contributed by atoms with Crippen molar-refractivity contribution in [3.63, 3.8) is 0 Å². The predicted octanol–water partition coefficient (Wildman–Crippen LogP) is 2.40. The van der Waals surface area contributed by atoms with Gasteiger partial charge in [0.05, 0.1) is 6.04 Å². The smallest absolute Gasteiger partial charge is 0.0695 e. The lowest BCUT2D eigenvalue weighted by Crippen LogP contribution is -2.14. The molecule has 1 aromatic carbocycles. The van der Waals surface area contributed by atoms with Crippen molar-refractivity contribution in [2.24, 2.45) is 0 Å². The first-order valence-corrected chi connectivity index (χ1v) is 4.11. The summed E-state index contributed by atoms with van der Waals surface area (Å²) in [5.74, 6) is 0. The molecular weight excluding hydrogens is 146 g/mol. The Labute approximate surface area is 72.4 Å². The van der Waals surface area contributed by atoms with Crippen LogP contribution in [-0.2, 0) is 0 Å². The molecule has 1 aliphatic heterocycles. The molecule has 1 unspecified atom stereocenters. The minimum Gasteiger partial charge on any atom is -0.381 e. The van der Waals surface area contributed by atoms with E-state index in [1.807, 2.05) is 18.3 Å². The van der Waals surface area contributed by atoms with E-state index >= 15 is 0 Å². The maximum atomic E-state index is 3.27. The summed E-state index contributed by atoms with van der Waals surface area (Å²) in [5.41, 5.74) is 1.30. The summed E-state index contributed by atoms with van der Waals surface area (Å²) in [6.07, 6.45) is 8.18. The van der Waals surface area contributed by atoms with E-state index in [2.05, 4.69) is 41.7 Å². The van der Waals surface area contributed by atoms with Crippen LogP contribution in [0.3, 0.4) is 0 Å². The van der Waals surface area contributed by atoms with E-state index in [4.69, 9.17) is 0 Å². The van der Waals surface area contributed by atoms with Gasteiger partial charge in [-0.25, -0.2) is 0 Å². The third-order valence-electron chi connectivity index (χ3n) is 1.95. The first-order valence-electron chi connectivity index (χ1n) is 4.11. The van der Waals surface area contributed by atoms with E-state index in [9.17, 15) is 0 Å². The minimum absolute atomic E-state index is 0.344. The zero-order valence-corrected chi connectivity index (χ0v) is 6.77. The van der Waals surface area contributed by atoms with E-state index in [-0.39, 0.29) is 0 Å². The fraction of sp³-hybridized carbons (Fsp3) is 0.0909. The third kappa shape index (κ3) is 1.40. The number of benzene rings is 1. The van der Waals surface area contributed by atoms with Gasteiger partial charge in [0.2, 0.25) is 0 Å². The van der Waals surface area contributed by atoms with E-state index < -0.39 is 0 Å². The molecule has 0 saturated carbocycles. The predicted molar refractivity (Wildman–Crippen MR) is 50.6 cm³/mol. The lowest BCUT2D eigenvalue weighted by atomic mass is 10.1. The summed E-state index contributed by atoms with van der Waals surface area (Å²) in [6.45, 7) is 0. The van der Waals surface area contributed by atoms with Crippen LogP contribution in [-0.4, -0.2) is 0 Å². The molecule has 60 valence electrons. The van der Waals surface area contributed by atoms with Gasteiger partial charge in [-0.1, -0.05) is 42.5 Å². The standard InChI is InChI=1S/C11H11N/c1-2-6-10(7-3-1)11-8-4-5-9-12-11/h1-9,11-12H. The average molecular weight is 157 g/mol. The zero-order chi connectivity index (χ0) is 8.23. The van der Waals surface area contributed by atoms with Crippen molar-refractivity contribution in [1.29, 1.82) is 0 Å². The van der Waals surface area contributed by atoms with Crippen LogP contribution < -0.4 is 5.32 Å². The van der Waals surface area contributed by atoms with Gasteiger partial charge in [0, 0.05) is 0 Å². The molecule has 1 heterocycles. The lowest BCUT2D eigenvalue weighted by molar-refractivity contribution is 0.746. The maximum absolute atomic E-state index is 3.27.